The van der Waals surface area contributed by atoms with Crippen molar-refractivity contribution in [3.8, 4) is 0 Å². The Labute approximate surface area is 255 Å². The van der Waals surface area contributed by atoms with E-state index in [1.54, 1.807) is 0 Å². The van der Waals surface area contributed by atoms with E-state index >= 15 is 0 Å². The van der Waals surface area contributed by atoms with E-state index in [2.05, 4.69) is 6.92 Å². The fraction of sp³-hybridized carbons (Fsp3) is 0.781. The van der Waals surface area contributed by atoms with E-state index in [1.165, 1.54) is 103 Å². The summed E-state index contributed by atoms with van der Waals surface area (Å²) in [5, 5.41) is 0. The molecule has 2 heterocycles. The molecule has 1 aromatic heterocycles. The number of rotatable bonds is 20. The lowest BCUT2D eigenvalue weighted by Gasteiger charge is -2.19. The number of aryl methyl sites for hydroxylation is 1. The highest BCUT2D eigenvalue weighted by Crippen LogP contribution is 2.25. The van der Waals surface area contributed by atoms with Gasteiger partial charge in [0, 0.05) is 19.1 Å². The first-order chi connectivity index (χ1) is 18.5. The third-order valence-electron chi connectivity index (χ3n) is 7.80. The third-order valence-corrected chi connectivity index (χ3v) is 7.80. The minimum absolute atomic E-state index is 0. The van der Waals surface area contributed by atoms with Crippen molar-refractivity contribution in [2.24, 2.45) is 7.05 Å². The number of carbonyl (C=O) groups excluding carboxylic acids is 2. The van der Waals surface area contributed by atoms with E-state index in [9.17, 15) is 9.59 Å². The fourth-order valence-electron chi connectivity index (χ4n) is 5.29. The first-order valence-electron chi connectivity index (χ1n) is 15.5. The number of aromatic nitrogens is 1. The quantitative estimate of drug-likeness (QED) is 0.115. The average molecular weight is 659 g/mol. The monoisotopic (exact) mass is 658 g/mol. The van der Waals surface area contributed by atoms with Gasteiger partial charge in [-0.15, -0.1) is 0 Å². The summed E-state index contributed by atoms with van der Waals surface area (Å²) in [5.41, 5.74) is 0.861. The van der Waals surface area contributed by atoms with Crippen LogP contribution in [0.3, 0.4) is 0 Å². The molecule has 2 atom stereocenters. The predicted octanol–water partition coefficient (Wildman–Crippen LogP) is 4.81. The van der Waals surface area contributed by atoms with Crippen LogP contribution in [-0.2, 0) is 27.9 Å². The second kappa shape index (κ2) is 22.5. The highest BCUT2D eigenvalue weighted by molar-refractivity contribution is 5.90. The second-order valence-corrected chi connectivity index (χ2v) is 11.2. The molecule has 7 heteroatoms. The van der Waals surface area contributed by atoms with E-state index in [4.69, 9.17) is 9.47 Å². The normalized spacial score (nSPS) is 16.6. The topological polar surface area (TPSA) is 59.7 Å². The van der Waals surface area contributed by atoms with E-state index in [0.29, 0.717) is 0 Å². The third kappa shape index (κ3) is 16.0. The lowest BCUT2D eigenvalue weighted by Crippen LogP contribution is -3.00. The van der Waals surface area contributed by atoms with Gasteiger partial charge in [0.05, 0.1) is 12.2 Å². The Kier molecular flexibility index (Phi) is 20.6. The predicted molar refractivity (Wildman–Crippen MR) is 153 cm³/mol. The van der Waals surface area contributed by atoms with Crippen molar-refractivity contribution in [1.82, 2.24) is 4.90 Å². The van der Waals surface area contributed by atoms with Gasteiger partial charge in [-0.2, -0.15) is 0 Å². The van der Waals surface area contributed by atoms with Gasteiger partial charge in [-0.3, -0.25) is 4.79 Å². The molecule has 0 aliphatic carbocycles. The fourth-order valence-corrected chi connectivity index (χ4v) is 5.29. The molecule has 1 aliphatic rings. The van der Waals surface area contributed by atoms with E-state index in [-0.39, 0.29) is 55.2 Å². The highest BCUT2D eigenvalue weighted by Gasteiger charge is 2.28. The molecule has 0 spiro atoms. The Morgan fingerprint density at radius 2 is 1.41 bits per heavy atom. The van der Waals surface area contributed by atoms with Crippen LogP contribution in [0.5, 0.6) is 0 Å². The molecular formula is C32H55IN2O4. The van der Waals surface area contributed by atoms with Crippen molar-refractivity contribution in [3.63, 3.8) is 0 Å². The summed E-state index contributed by atoms with van der Waals surface area (Å²) in [5.74, 6) is -0.322. The number of hydrogen-bond donors (Lipinski definition) is 0. The molecule has 2 rings (SSSR count). The van der Waals surface area contributed by atoms with E-state index in [1.807, 2.05) is 36.0 Å². The summed E-state index contributed by atoms with van der Waals surface area (Å²) < 4.78 is 13.5. The van der Waals surface area contributed by atoms with Crippen molar-refractivity contribution in [2.75, 3.05) is 6.61 Å². The number of amides is 2. The number of imide groups is 1. The molecule has 2 amide bonds. The van der Waals surface area contributed by atoms with Crippen LogP contribution in [0.15, 0.2) is 24.4 Å². The first kappa shape index (κ1) is 35.8. The molecule has 224 valence electrons. The van der Waals surface area contributed by atoms with Crippen molar-refractivity contribution in [1.29, 1.82) is 0 Å². The summed E-state index contributed by atoms with van der Waals surface area (Å²) >= 11 is 0. The molecule has 1 aromatic rings. The number of pyridine rings is 1. The van der Waals surface area contributed by atoms with Crippen molar-refractivity contribution in [3.05, 3.63) is 30.1 Å². The number of unbranched alkanes of at least 4 members (excludes halogenated alkanes) is 14. The number of ether oxygens (including phenoxy) is 2. The molecule has 39 heavy (non-hydrogen) atoms. The summed E-state index contributed by atoms with van der Waals surface area (Å²) in [6.45, 7) is 4.07. The van der Waals surface area contributed by atoms with Crippen LogP contribution in [0.25, 0.3) is 0 Å². The summed E-state index contributed by atoms with van der Waals surface area (Å²) in [4.78, 5) is 25.8. The van der Waals surface area contributed by atoms with Gasteiger partial charge in [0.2, 0.25) is 11.6 Å². The number of halogens is 1. The summed E-state index contributed by atoms with van der Waals surface area (Å²) in [7, 11) is 1.89. The molecule has 6 nitrogen and oxygen atoms in total. The molecular weight excluding hydrogens is 603 g/mol. The lowest BCUT2D eigenvalue weighted by atomic mass is 10.0. The lowest BCUT2D eigenvalue weighted by molar-refractivity contribution is -0.679. The zero-order valence-electron chi connectivity index (χ0n) is 25.0. The smallest absolute Gasteiger partial charge is 0.417 e. The van der Waals surface area contributed by atoms with Gasteiger partial charge in [0.15, 0.2) is 6.20 Å². The number of hydrogen-bond acceptors (Lipinski definition) is 4. The highest BCUT2D eigenvalue weighted by atomic mass is 127. The van der Waals surface area contributed by atoms with Gasteiger partial charge in [-0.1, -0.05) is 109 Å². The molecule has 0 unspecified atom stereocenters. The average Bonchev–Trinajstić information content (AvgIpc) is 3.36. The van der Waals surface area contributed by atoms with Gasteiger partial charge in [0.25, 0.3) is 0 Å². The van der Waals surface area contributed by atoms with Crippen molar-refractivity contribution in [2.45, 2.75) is 148 Å². The van der Waals surface area contributed by atoms with Crippen LogP contribution in [0.2, 0.25) is 0 Å². The van der Waals surface area contributed by atoms with Crippen LogP contribution in [0.4, 0.5) is 4.79 Å². The molecule has 1 aliphatic heterocycles. The van der Waals surface area contributed by atoms with Crippen molar-refractivity contribution < 1.29 is 47.6 Å². The minimum atomic E-state index is -0.601. The Balaban J connectivity index is 0.00000760. The number of nitrogens with zero attached hydrogens (tertiary/aromatic N) is 2. The first-order valence-corrected chi connectivity index (χ1v) is 15.5. The molecule has 0 bridgehead atoms. The number of carbonyl (C=O) groups is 2. The largest absolute Gasteiger partial charge is 1.00 e. The molecule has 0 N–H and O–H groups in total. The molecule has 0 saturated carbocycles. The van der Waals surface area contributed by atoms with Gasteiger partial charge < -0.3 is 33.5 Å². The van der Waals surface area contributed by atoms with Crippen LogP contribution < -0.4 is 28.5 Å². The van der Waals surface area contributed by atoms with Crippen molar-refractivity contribution >= 4 is 12.0 Å². The maximum atomic E-state index is 12.6. The van der Waals surface area contributed by atoms with Crippen LogP contribution in [0.1, 0.15) is 135 Å². The molecule has 1 fully saturated rings. The molecule has 1 saturated heterocycles. The Hall–Kier alpha value is -1.22. The molecule has 0 aromatic carbocycles. The Bertz CT molecular complexity index is 791. The van der Waals surface area contributed by atoms with E-state index in [0.717, 1.165) is 29.9 Å². The van der Waals surface area contributed by atoms with Crippen LogP contribution >= 0.6 is 0 Å². The Morgan fingerprint density at radius 1 is 0.872 bits per heavy atom. The zero-order valence-corrected chi connectivity index (χ0v) is 27.2. The second-order valence-electron chi connectivity index (χ2n) is 11.2. The summed E-state index contributed by atoms with van der Waals surface area (Å²) in [6, 6.07) is 5.70. The van der Waals surface area contributed by atoms with Gasteiger partial charge >= 0.3 is 6.09 Å². The standard InChI is InChI=1S/C32H55N2O4.HI/c1-4-5-6-7-8-9-10-11-12-13-14-15-16-17-18-22-30-23-24-31(38-30)27-37-32(36)34(28(2)35)26-29-21-19-20-25-33(29)3;/h19-21,25,30-31H,4-18,22-24,26-27H2,1-3H3;1H/q+1;/p-1/t30-,31-;/m0./s1. The van der Waals surface area contributed by atoms with Gasteiger partial charge in [-0.25, -0.2) is 14.3 Å². The SMILES string of the molecule is CCCCCCCCCCCCCCCCC[C@H]1CC[C@@H](COC(=O)N(Cc2cccc[n+]2C)C(C)=O)O1.[I-]. The minimum Gasteiger partial charge on any atom is -1.00 e. The van der Waals surface area contributed by atoms with Crippen LogP contribution in [0, 0.1) is 0 Å². The molecule has 0 radical (unpaired) electrons. The van der Waals surface area contributed by atoms with E-state index < -0.39 is 6.09 Å². The van der Waals surface area contributed by atoms with Crippen LogP contribution in [-0.4, -0.2) is 35.7 Å². The maximum Gasteiger partial charge on any atom is 0.417 e. The Morgan fingerprint density at radius 3 is 1.95 bits per heavy atom. The van der Waals surface area contributed by atoms with Gasteiger partial charge in [-0.05, 0) is 19.3 Å². The van der Waals surface area contributed by atoms with Gasteiger partial charge in [0.1, 0.15) is 20.2 Å². The summed E-state index contributed by atoms with van der Waals surface area (Å²) in [6.07, 6.45) is 25.2. The zero-order chi connectivity index (χ0) is 27.4. The maximum absolute atomic E-state index is 12.6.